The first kappa shape index (κ1) is 27.4. The fourth-order valence-corrected chi connectivity index (χ4v) is 7.68. The molecule has 1 aliphatic rings. The van der Waals surface area contributed by atoms with Gasteiger partial charge in [0.1, 0.15) is 11.5 Å². The van der Waals surface area contributed by atoms with Crippen molar-refractivity contribution in [1.82, 2.24) is 4.98 Å². The second kappa shape index (κ2) is 10.6. The standard InChI is InChI=1S/C46H26N2O/c47-26-28-17-19-36-38-21-20-35(37-15-8-16-44(46(37)38)49-45(36)23-28)43-22-18-30(27-48-43)40-25-42-33-13-6-4-11-31(33)39(29-9-2-1-3-10-29)24-41(42)34-14-7-5-12-32(34)40/h1-25,27H. The lowest BCUT2D eigenvalue weighted by atomic mass is 9.88. The second-order valence-electron chi connectivity index (χ2n) is 12.6. The highest BCUT2D eigenvalue weighted by molar-refractivity contribution is 6.23. The van der Waals surface area contributed by atoms with Gasteiger partial charge in [0.05, 0.1) is 17.3 Å². The lowest BCUT2D eigenvalue weighted by molar-refractivity contribution is 0.487. The van der Waals surface area contributed by atoms with E-state index in [1.807, 2.05) is 36.5 Å². The summed E-state index contributed by atoms with van der Waals surface area (Å²) in [7, 11) is 0. The lowest BCUT2D eigenvalue weighted by Gasteiger charge is -2.22. The zero-order chi connectivity index (χ0) is 32.5. The van der Waals surface area contributed by atoms with Crippen LogP contribution in [-0.4, -0.2) is 4.98 Å². The Hall–Kier alpha value is -6.76. The maximum absolute atomic E-state index is 9.42. The summed E-state index contributed by atoms with van der Waals surface area (Å²) in [6, 6.07) is 55.5. The number of fused-ring (bicyclic) bond motifs is 7. The summed E-state index contributed by atoms with van der Waals surface area (Å²) >= 11 is 0. The minimum atomic E-state index is 0.583. The molecule has 9 aromatic rings. The monoisotopic (exact) mass is 622 g/mol. The van der Waals surface area contributed by atoms with Gasteiger partial charge in [0.25, 0.3) is 0 Å². The summed E-state index contributed by atoms with van der Waals surface area (Å²) in [5, 5.41) is 19.0. The average Bonchev–Trinajstić information content (AvgIpc) is 3.17. The summed E-state index contributed by atoms with van der Waals surface area (Å²) in [6.45, 7) is 0. The number of aromatic nitrogens is 1. The van der Waals surface area contributed by atoms with Gasteiger partial charge in [0.2, 0.25) is 0 Å². The van der Waals surface area contributed by atoms with Gasteiger partial charge in [-0.25, -0.2) is 0 Å². The molecule has 2 heterocycles. The summed E-state index contributed by atoms with van der Waals surface area (Å²) in [5.74, 6) is 1.50. The molecule has 0 unspecified atom stereocenters. The zero-order valence-corrected chi connectivity index (χ0v) is 26.3. The van der Waals surface area contributed by atoms with Crippen molar-refractivity contribution in [2.24, 2.45) is 0 Å². The summed E-state index contributed by atoms with van der Waals surface area (Å²) < 4.78 is 6.33. The lowest BCUT2D eigenvalue weighted by Crippen LogP contribution is -1.98. The quantitative estimate of drug-likeness (QED) is 0.184. The largest absolute Gasteiger partial charge is 0.456 e. The number of ether oxygens (including phenoxy) is 1. The van der Waals surface area contributed by atoms with Gasteiger partial charge in [-0.05, 0) is 102 Å². The average molecular weight is 623 g/mol. The van der Waals surface area contributed by atoms with Crippen molar-refractivity contribution in [3.63, 3.8) is 0 Å². The number of hydrogen-bond acceptors (Lipinski definition) is 3. The minimum absolute atomic E-state index is 0.583. The first-order chi connectivity index (χ1) is 24.2. The molecule has 1 aliphatic heterocycles. The Morgan fingerprint density at radius 2 is 1.06 bits per heavy atom. The molecule has 0 fully saturated rings. The van der Waals surface area contributed by atoms with E-state index in [1.165, 1.54) is 49.0 Å². The van der Waals surface area contributed by atoms with Crippen LogP contribution in [0.1, 0.15) is 5.56 Å². The SMILES string of the molecule is N#Cc1ccc2c(c1)Oc1cccc3c(-c4ccc(-c5cc6c7ccccc7c(-c7ccccc7)cc6c6ccccc56)cn4)ccc-2c13. The number of pyridine rings is 1. The van der Waals surface area contributed by atoms with Crippen molar-refractivity contribution in [1.29, 1.82) is 5.26 Å². The van der Waals surface area contributed by atoms with Crippen molar-refractivity contribution in [3.05, 3.63) is 163 Å². The Morgan fingerprint density at radius 3 is 1.76 bits per heavy atom. The first-order valence-corrected chi connectivity index (χ1v) is 16.4. The van der Waals surface area contributed by atoms with Crippen LogP contribution in [0.25, 0.3) is 87.7 Å². The van der Waals surface area contributed by atoms with E-state index in [0.717, 1.165) is 44.5 Å². The maximum atomic E-state index is 9.42. The van der Waals surface area contributed by atoms with Crippen molar-refractivity contribution in [3.8, 4) is 62.2 Å². The molecule has 0 N–H and O–H groups in total. The van der Waals surface area contributed by atoms with Crippen molar-refractivity contribution < 1.29 is 4.74 Å². The highest BCUT2D eigenvalue weighted by Crippen LogP contribution is 2.49. The summed E-state index contributed by atoms with van der Waals surface area (Å²) in [4.78, 5) is 5.07. The Bertz CT molecular complexity index is 2850. The number of nitriles is 1. The molecule has 0 saturated heterocycles. The van der Waals surface area contributed by atoms with Crippen LogP contribution in [0.5, 0.6) is 11.5 Å². The zero-order valence-electron chi connectivity index (χ0n) is 26.3. The van der Waals surface area contributed by atoms with Crippen LogP contribution in [0.2, 0.25) is 0 Å². The van der Waals surface area contributed by atoms with Gasteiger partial charge in [0, 0.05) is 28.3 Å². The van der Waals surface area contributed by atoms with Gasteiger partial charge in [-0.15, -0.1) is 0 Å². The number of rotatable bonds is 3. The van der Waals surface area contributed by atoms with E-state index in [2.05, 4.69) is 127 Å². The molecule has 8 aromatic carbocycles. The highest BCUT2D eigenvalue weighted by atomic mass is 16.5. The van der Waals surface area contributed by atoms with E-state index in [4.69, 9.17) is 9.72 Å². The van der Waals surface area contributed by atoms with Crippen molar-refractivity contribution in [2.75, 3.05) is 0 Å². The van der Waals surface area contributed by atoms with Crippen molar-refractivity contribution >= 4 is 43.1 Å². The van der Waals surface area contributed by atoms with Gasteiger partial charge in [-0.1, -0.05) is 109 Å². The Kier molecular flexibility index (Phi) is 5.94. The maximum Gasteiger partial charge on any atom is 0.136 e. The fourth-order valence-electron chi connectivity index (χ4n) is 7.68. The van der Waals surface area contributed by atoms with Crippen LogP contribution in [-0.2, 0) is 0 Å². The fraction of sp³-hybridized carbons (Fsp3) is 0. The van der Waals surface area contributed by atoms with Crippen LogP contribution in [0.15, 0.2) is 158 Å². The number of benzene rings is 8. The molecule has 0 atom stereocenters. The molecule has 0 radical (unpaired) electrons. The number of nitrogens with zero attached hydrogens (tertiary/aromatic N) is 2. The summed E-state index contributed by atoms with van der Waals surface area (Å²) in [6.07, 6.45) is 2.01. The van der Waals surface area contributed by atoms with Gasteiger partial charge >= 0.3 is 0 Å². The molecule has 49 heavy (non-hydrogen) atoms. The third-order valence-corrected chi connectivity index (χ3v) is 9.94. The van der Waals surface area contributed by atoms with E-state index in [0.29, 0.717) is 11.3 Å². The molecule has 0 bridgehead atoms. The van der Waals surface area contributed by atoms with Crippen LogP contribution in [0.4, 0.5) is 0 Å². The first-order valence-electron chi connectivity index (χ1n) is 16.4. The van der Waals surface area contributed by atoms with E-state index < -0.39 is 0 Å². The van der Waals surface area contributed by atoms with E-state index in [1.54, 1.807) is 0 Å². The Labute approximate surface area is 282 Å². The molecule has 1 aromatic heterocycles. The Balaban J connectivity index is 1.13. The molecule has 226 valence electrons. The normalized spacial score (nSPS) is 11.8. The predicted molar refractivity (Wildman–Crippen MR) is 201 cm³/mol. The van der Waals surface area contributed by atoms with Gasteiger partial charge in [-0.3, -0.25) is 4.98 Å². The predicted octanol–water partition coefficient (Wildman–Crippen LogP) is 12.3. The molecule has 10 rings (SSSR count). The molecule has 0 amide bonds. The molecule has 0 aliphatic carbocycles. The Morgan fingerprint density at radius 1 is 0.429 bits per heavy atom. The third kappa shape index (κ3) is 4.18. The van der Waals surface area contributed by atoms with E-state index in [9.17, 15) is 5.26 Å². The van der Waals surface area contributed by atoms with Gasteiger partial charge in [0.15, 0.2) is 0 Å². The second-order valence-corrected chi connectivity index (χ2v) is 12.6. The third-order valence-electron chi connectivity index (χ3n) is 9.94. The molecular weight excluding hydrogens is 597 g/mol. The van der Waals surface area contributed by atoms with Crippen LogP contribution < -0.4 is 4.74 Å². The van der Waals surface area contributed by atoms with Gasteiger partial charge in [-0.2, -0.15) is 5.26 Å². The minimum Gasteiger partial charge on any atom is -0.456 e. The van der Waals surface area contributed by atoms with E-state index in [-0.39, 0.29) is 0 Å². The molecule has 0 spiro atoms. The topological polar surface area (TPSA) is 45.9 Å². The molecule has 0 saturated carbocycles. The molecule has 3 nitrogen and oxygen atoms in total. The van der Waals surface area contributed by atoms with Gasteiger partial charge < -0.3 is 4.74 Å². The smallest absolute Gasteiger partial charge is 0.136 e. The van der Waals surface area contributed by atoms with Crippen LogP contribution >= 0.6 is 0 Å². The molecule has 3 heteroatoms. The summed E-state index contributed by atoms with van der Waals surface area (Å²) in [5.41, 5.74) is 9.33. The van der Waals surface area contributed by atoms with E-state index >= 15 is 0 Å². The van der Waals surface area contributed by atoms with Crippen molar-refractivity contribution in [2.45, 2.75) is 0 Å². The van der Waals surface area contributed by atoms with Crippen LogP contribution in [0, 0.1) is 11.3 Å². The number of hydrogen-bond donors (Lipinski definition) is 0. The molecular formula is C46H26N2O. The highest BCUT2D eigenvalue weighted by Gasteiger charge is 2.22. The van der Waals surface area contributed by atoms with Crippen LogP contribution in [0.3, 0.4) is 0 Å².